The summed E-state index contributed by atoms with van der Waals surface area (Å²) < 4.78 is 4.34. The second-order valence-electron chi connectivity index (χ2n) is 1.36. The molecule has 50 valence electrons. The molecule has 0 fully saturated rings. The number of rotatable bonds is 3. The van der Waals surface area contributed by atoms with E-state index in [0.717, 1.165) is 0 Å². The Labute approximate surface area is 49.1 Å². The molecule has 0 aromatic carbocycles. The molecule has 5 heteroatoms. The second kappa shape index (κ2) is 3.33. The van der Waals surface area contributed by atoms with Gasteiger partial charge in [0.05, 0.1) is 7.11 Å². The summed E-state index contributed by atoms with van der Waals surface area (Å²) in [5.41, 5.74) is 0. The standard InChI is InChI=1S/C3H11NO3P/c1-4-3-8(5,6)7-2/h4-6H,3H2,1-2H3/q+1. The van der Waals surface area contributed by atoms with Gasteiger partial charge < -0.3 is 0 Å². The molecule has 8 heavy (non-hydrogen) atoms. The van der Waals surface area contributed by atoms with Gasteiger partial charge in [-0.25, -0.2) is 0 Å². The highest BCUT2D eigenvalue weighted by Gasteiger charge is 2.31. The highest BCUT2D eigenvalue weighted by atomic mass is 31.2. The molecule has 0 spiro atoms. The number of hydrogen-bond acceptors (Lipinski definition) is 4. The monoisotopic (exact) mass is 140 g/mol. The smallest absolute Gasteiger partial charge is 0.281 e. The molecule has 0 saturated heterocycles. The van der Waals surface area contributed by atoms with E-state index in [0.29, 0.717) is 0 Å². The highest BCUT2D eigenvalue weighted by molar-refractivity contribution is 7.59. The van der Waals surface area contributed by atoms with Crippen LogP contribution in [0.2, 0.25) is 0 Å². The summed E-state index contributed by atoms with van der Waals surface area (Å²) in [4.78, 5) is 17.4. The number of nitrogens with one attached hydrogen (secondary N) is 1. The van der Waals surface area contributed by atoms with Crippen molar-refractivity contribution in [3.05, 3.63) is 0 Å². The van der Waals surface area contributed by atoms with Gasteiger partial charge in [-0.15, -0.1) is 0 Å². The molecule has 0 bridgehead atoms. The van der Waals surface area contributed by atoms with Crippen molar-refractivity contribution in [3.8, 4) is 0 Å². The lowest BCUT2D eigenvalue weighted by Crippen LogP contribution is -2.12. The average molecular weight is 140 g/mol. The fourth-order valence-corrected chi connectivity index (χ4v) is 0.812. The van der Waals surface area contributed by atoms with Crippen molar-refractivity contribution in [2.75, 3.05) is 20.4 Å². The van der Waals surface area contributed by atoms with Crippen molar-refractivity contribution < 1.29 is 14.3 Å². The van der Waals surface area contributed by atoms with E-state index < -0.39 is 7.94 Å². The van der Waals surface area contributed by atoms with Crippen LogP contribution in [0.4, 0.5) is 0 Å². The topological polar surface area (TPSA) is 61.7 Å². The van der Waals surface area contributed by atoms with Gasteiger partial charge in [0.15, 0.2) is 6.29 Å². The van der Waals surface area contributed by atoms with Crippen LogP contribution >= 0.6 is 7.94 Å². The van der Waals surface area contributed by atoms with E-state index in [4.69, 9.17) is 9.79 Å². The Hall–Kier alpha value is 0.270. The summed E-state index contributed by atoms with van der Waals surface area (Å²) in [6.45, 7) is 0. The summed E-state index contributed by atoms with van der Waals surface area (Å²) in [5.74, 6) is 0. The molecular weight excluding hydrogens is 129 g/mol. The molecule has 3 N–H and O–H groups in total. The minimum Gasteiger partial charge on any atom is -0.281 e. The molecule has 0 aliphatic rings. The summed E-state index contributed by atoms with van der Waals surface area (Å²) in [6, 6.07) is 0. The maximum atomic E-state index is 8.71. The zero-order valence-electron chi connectivity index (χ0n) is 4.96. The first kappa shape index (κ1) is 8.27. The van der Waals surface area contributed by atoms with Crippen molar-refractivity contribution in [2.45, 2.75) is 0 Å². The van der Waals surface area contributed by atoms with Gasteiger partial charge in [-0.3, -0.25) is 5.32 Å². The van der Waals surface area contributed by atoms with Crippen molar-refractivity contribution in [2.24, 2.45) is 0 Å². The number of hydrogen-bond donors (Lipinski definition) is 3. The van der Waals surface area contributed by atoms with Gasteiger partial charge in [0, 0.05) is 0 Å². The van der Waals surface area contributed by atoms with Crippen LogP contribution in [0, 0.1) is 0 Å². The van der Waals surface area contributed by atoms with E-state index in [1.807, 2.05) is 0 Å². The summed E-state index contributed by atoms with van der Waals surface area (Å²) in [5, 5.41) is 2.58. The first-order valence-electron chi connectivity index (χ1n) is 2.16. The van der Waals surface area contributed by atoms with E-state index in [-0.39, 0.29) is 6.29 Å². The lowest BCUT2D eigenvalue weighted by molar-refractivity contribution is 0.276. The molecule has 0 radical (unpaired) electrons. The third-order valence-electron chi connectivity index (χ3n) is 0.656. The lowest BCUT2D eigenvalue weighted by Gasteiger charge is -2.05. The van der Waals surface area contributed by atoms with Crippen molar-refractivity contribution >= 4 is 7.94 Å². The highest BCUT2D eigenvalue weighted by Crippen LogP contribution is 2.48. The Morgan fingerprint density at radius 1 is 1.62 bits per heavy atom. The van der Waals surface area contributed by atoms with Gasteiger partial charge in [-0.2, -0.15) is 14.3 Å². The zero-order chi connectivity index (χ0) is 6.62. The minimum absolute atomic E-state index is 0.115. The molecule has 0 rings (SSSR count). The molecule has 0 aliphatic carbocycles. The zero-order valence-corrected chi connectivity index (χ0v) is 5.85. The van der Waals surface area contributed by atoms with Crippen LogP contribution in [0.15, 0.2) is 0 Å². The largest absolute Gasteiger partial charge is 0.421 e. The maximum Gasteiger partial charge on any atom is 0.421 e. The van der Waals surface area contributed by atoms with Crippen LogP contribution in [-0.4, -0.2) is 30.2 Å². The van der Waals surface area contributed by atoms with Crippen LogP contribution in [0.25, 0.3) is 0 Å². The predicted molar refractivity (Wildman–Crippen MR) is 32.3 cm³/mol. The first-order valence-corrected chi connectivity index (χ1v) is 3.96. The van der Waals surface area contributed by atoms with E-state index in [1.54, 1.807) is 7.05 Å². The maximum absolute atomic E-state index is 8.71. The van der Waals surface area contributed by atoms with Gasteiger partial charge >= 0.3 is 7.94 Å². The average Bonchev–Trinajstić information content (AvgIpc) is 1.67. The minimum atomic E-state index is -3.03. The first-order chi connectivity index (χ1) is 3.62. The molecule has 0 atom stereocenters. The molecular formula is C3H11NO3P+. The molecule has 0 aromatic heterocycles. The molecule has 0 saturated carbocycles. The molecule has 4 nitrogen and oxygen atoms in total. The fourth-order valence-electron chi connectivity index (χ4n) is 0.271. The molecule has 0 aromatic rings. The molecule has 0 aliphatic heterocycles. The lowest BCUT2D eigenvalue weighted by atomic mass is 11.3. The van der Waals surface area contributed by atoms with Gasteiger partial charge in [-0.05, 0) is 7.05 Å². The van der Waals surface area contributed by atoms with E-state index >= 15 is 0 Å². The van der Waals surface area contributed by atoms with Gasteiger partial charge in [0.1, 0.15) is 0 Å². The summed E-state index contributed by atoms with van der Waals surface area (Å²) in [6.07, 6.45) is 0.115. The quantitative estimate of drug-likeness (QED) is 0.465. The summed E-state index contributed by atoms with van der Waals surface area (Å²) >= 11 is 0. The molecule has 0 amide bonds. The summed E-state index contributed by atoms with van der Waals surface area (Å²) in [7, 11) is -0.140. The van der Waals surface area contributed by atoms with Crippen molar-refractivity contribution in [1.29, 1.82) is 0 Å². The van der Waals surface area contributed by atoms with E-state index in [2.05, 4.69) is 9.84 Å². The second-order valence-corrected chi connectivity index (χ2v) is 3.37. The Bertz CT molecular complexity index is 67.5. The van der Waals surface area contributed by atoms with Crippen LogP contribution in [0.3, 0.4) is 0 Å². The Morgan fingerprint density at radius 2 is 2.12 bits per heavy atom. The normalized spacial score (nSPS) is 12.0. The molecule has 0 unspecified atom stereocenters. The third kappa shape index (κ3) is 3.29. The van der Waals surface area contributed by atoms with Crippen molar-refractivity contribution in [1.82, 2.24) is 5.32 Å². The van der Waals surface area contributed by atoms with Gasteiger partial charge in [-0.1, -0.05) is 0 Å². The van der Waals surface area contributed by atoms with Crippen LogP contribution in [-0.2, 0) is 4.52 Å². The SMILES string of the molecule is CNC[P+](O)(O)OC. The Kier molecular flexibility index (Phi) is 3.44. The third-order valence-corrected chi connectivity index (χ3v) is 1.97. The predicted octanol–water partition coefficient (Wildman–Crippen LogP) is -0.443. The van der Waals surface area contributed by atoms with Gasteiger partial charge in [0.25, 0.3) is 0 Å². The van der Waals surface area contributed by atoms with Crippen LogP contribution < -0.4 is 5.32 Å². The molecule has 0 heterocycles. The van der Waals surface area contributed by atoms with E-state index in [1.165, 1.54) is 7.11 Å². The van der Waals surface area contributed by atoms with Gasteiger partial charge in [0.2, 0.25) is 0 Å². The van der Waals surface area contributed by atoms with Crippen LogP contribution in [0.5, 0.6) is 0 Å². The Balaban J connectivity index is 3.37. The fraction of sp³-hybridized carbons (Fsp3) is 1.00. The van der Waals surface area contributed by atoms with E-state index in [9.17, 15) is 0 Å². The van der Waals surface area contributed by atoms with Crippen molar-refractivity contribution in [3.63, 3.8) is 0 Å². The Morgan fingerprint density at radius 3 is 2.25 bits per heavy atom. The van der Waals surface area contributed by atoms with Crippen LogP contribution in [0.1, 0.15) is 0 Å².